The molecule has 0 bridgehead atoms. The van der Waals surface area contributed by atoms with Crippen molar-refractivity contribution < 1.29 is 14.0 Å². The fourth-order valence-corrected chi connectivity index (χ4v) is 2.13. The van der Waals surface area contributed by atoms with Crippen LogP contribution in [0.1, 0.15) is 36.5 Å². The smallest absolute Gasteiger partial charge is 0.254 e. The molecule has 0 aliphatic carbocycles. The van der Waals surface area contributed by atoms with E-state index < -0.39 is 11.7 Å². The number of nitrogens with zero attached hydrogens (tertiary/aromatic N) is 1. The van der Waals surface area contributed by atoms with Crippen LogP contribution in [0, 0.1) is 5.82 Å². The van der Waals surface area contributed by atoms with E-state index >= 15 is 0 Å². The van der Waals surface area contributed by atoms with Gasteiger partial charge in [0, 0.05) is 31.7 Å². The first-order chi connectivity index (χ1) is 10.1. The number of anilines is 1. The van der Waals surface area contributed by atoms with Crippen molar-refractivity contribution in [1.29, 1.82) is 0 Å². The summed E-state index contributed by atoms with van der Waals surface area (Å²) in [6.07, 6.45) is 3.38. The van der Waals surface area contributed by atoms with E-state index in [2.05, 4.69) is 20.9 Å². The number of amides is 2. The summed E-state index contributed by atoms with van der Waals surface area (Å²) in [6.45, 7) is 2.84. The minimum absolute atomic E-state index is 0.0182. The van der Waals surface area contributed by atoms with E-state index in [-0.39, 0.29) is 23.3 Å². The lowest BCUT2D eigenvalue weighted by atomic mass is 10.2. The van der Waals surface area contributed by atoms with Gasteiger partial charge >= 0.3 is 0 Å². The topological polar surface area (TPSA) is 83.1 Å². The van der Waals surface area contributed by atoms with Crippen LogP contribution in [0.2, 0.25) is 0 Å². The molecule has 0 aromatic carbocycles. The summed E-state index contributed by atoms with van der Waals surface area (Å²) < 4.78 is 14.2. The van der Waals surface area contributed by atoms with E-state index in [0.717, 1.165) is 6.42 Å². The van der Waals surface area contributed by atoms with Crippen LogP contribution in [0.15, 0.2) is 12.3 Å². The fraction of sp³-hybridized carbons (Fsp3) is 0.500. The van der Waals surface area contributed by atoms with E-state index in [9.17, 15) is 14.0 Å². The van der Waals surface area contributed by atoms with Gasteiger partial charge in [0.25, 0.3) is 5.91 Å². The van der Waals surface area contributed by atoms with Crippen molar-refractivity contribution in [2.45, 2.75) is 32.2 Å². The van der Waals surface area contributed by atoms with Crippen molar-refractivity contribution in [3.63, 3.8) is 0 Å². The van der Waals surface area contributed by atoms with Crippen molar-refractivity contribution in [2.24, 2.45) is 0 Å². The standard InChI is InChI=1S/C14H19FN4O2/c1-2-6-16-13-12(15)10(5-7-17-13)14(21)18-8-9-3-4-11(20)19-9/h5,7,9H,2-4,6,8H2,1H3,(H,16,17)(H,18,21)(H,19,20). The Balaban J connectivity index is 1.96. The second kappa shape index (κ2) is 7.01. The van der Waals surface area contributed by atoms with Gasteiger partial charge in [-0.1, -0.05) is 6.92 Å². The third-order valence-electron chi connectivity index (χ3n) is 3.27. The zero-order valence-corrected chi connectivity index (χ0v) is 11.9. The summed E-state index contributed by atoms with van der Waals surface area (Å²) in [5.74, 6) is -1.09. The minimum Gasteiger partial charge on any atom is -0.368 e. The van der Waals surface area contributed by atoms with E-state index in [1.54, 1.807) is 0 Å². The number of aromatic nitrogens is 1. The van der Waals surface area contributed by atoms with Crippen molar-refractivity contribution in [2.75, 3.05) is 18.4 Å². The lowest BCUT2D eigenvalue weighted by molar-refractivity contribution is -0.119. The summed E-state index contributed by atoms with van der Waals surface area (Å²) in [5.41, 5.74) is -0.0482. The molecule has 114 valence electrons. The van der Waals surface area contributed by atoms with Gasteiger partial charge in [0.2, 0.25) is 5.91 Å². The average molecular weight is 294 g/mol. The number of rotatable bonds is 6. The number of carbonyl (C=O) groups excluding carboxylic acids is 2. The highest BCUT2D eigenvalue weighted by Crippen LogP contribution is 2.15. The zero-order chi connectivity index (χ0) is 15.2. The van der Waals surface area contributed by atoms with Crippen LogP contribution >= 0.6 is 0 Å². The summed E-state index contributed by atoms with van der Waals surface area (Å²) in [4.78, 5) is 27.0. The molecule has 1 aromatic heterocycles. The zero-order valence-electron chi connectivity index (χ0n) is 11.9. The van der Waals surface area contributed by atoms with Crippen LogP contribution in [0.4, 0.5) is 10.2 Å². The quantitative estimate of drug-likeness (QED) is 0.732. The first-order valence-corrected chi connectivity index (χ1v) is 7.07. The molecule has 21 heavy (non-hydrogen) atoms. The molecule has 1 unspecified atom stereocenters. The molecule has 1 fully saturated rings. The SMILES string of the molecule is CCCNc1nccc(C(=O)NCC2CCC(=O)N2)c1F. The Labute approximate surface area is 122 Å². The maximum atomic E-state index is 14.2. The maximum Gasteiger partial charge on any atom is 0.254 e. The molecule has 2 amide bonds. The summed E-state index contributed by atoms with van der Waals surface area (Å²) in [5, 5.41) is 8.22. The van der Waals surface area contributed by atoms with Gasteiger partial charge in [-0.3, -0.25) is 9.59 Å². The number of halogens is 1. The molecule has 1 aliphatic rings. The molecule has 0 radical (unpaired) electrons. The third kappa shape index (κ3) is 3.90. The Kier molecular flexibility index (Phi) is 5.08. The monoisotopic (exact) mass is 294 g/mol. The van der Waals surface area contributed by atoms with Crippen LogP contribution in [-0.2, 0) is 4.79 Å². The van der Waals surface area contributed by atoms with Crippen LogP contribution < -0.4 is 16.0 Å². The van der Waals surface area contributed by atoms with Crippen molar-refractivity contribution >= 4 is 17.6 Å². The Morgan fingerprint density at radius 3 is 3.05 bits per heavy atom. The summed E-state index contributed by atoms with van der Waals surface area (Å²) in [6, 6.07) is 1.26. The lowest BCUT2D eigenvalue weighted by Gasteiger charge is -2.12. The molecule has 1 aliphatic heterocycles. The Morgan fingerprint density at radius 1 is 1.57 bits per heavy atom. The molecule has 1 atom stereocenters. The molecule has 3 N–H and O–H groups in total. The van der Waals surface area contributed by atoms with Gasteiger partial charge in [-0.25, -0.2) is 9.37 Å². The minimum atomic E-state index is -0.654. The molecule has 0 saturated carbocycles. The van der Waals surface area contributed by atoms with E-state index in [1.807, 2.05) is 6.92 Å². The van der Waals surface area contributed by atoms with Gasteiger partial charge in [-0.2, -0.15) is 0 Å². The summed E-state index contributed by atoms with van der Waals surface area (Å²) >= 11 is 0. The van der Waals surface area contributed by atoms with Crippen LogP contribution in [0.3, 0.4) is 0 Å². The van der Waals surface area contributed by atoms with Gasteiger partial charge in [-0.15, -0.1) is 0 Å². The highest BCUT2D eigenvalue weighted by molar-refractivity contribution is 5.95. The van der Waals surface area contributed by atoms with Gasteiger partial charge in [0.15, 0.2) is 11.6 Å². The first-order valence-electron chi connectivity index (χ1n) is 7.07. The van der Waals surface area contributed by atoms with Crippen molar-refractivity contribution in [3.05, 3.63) is 23.6 Å². The largest absolute Gasteiger partial charge is 0.368 e. The number of hydrogen-bond acceptors (Lipinski definition) is 4. The molecule has 1 saturated heterocycles. The van der Waals surface area contributed by atoms with Gasteiger partial charge in [0.05, 0.1) is 5.56 Å². The normalized spacial score (nSPS) is 17.4. The molecule has 6 nitrogen and oxygen atoms in total. The molecule has 1 aromatic rings. The van der Waals surface area contributed by atoms with E-state index in [4.69, 9.17) is 0 Å². The fourth-order valence-electron chi connectivity index (χ4n) is 2.13. The van der Waals surface area contributed by atoms with E-state index in [0.29, 0.717) is 25.9 Å². The number of pyridine rings is 1. The molecular weight excluding hydrogens is 275 g/mol. The highest BCUT2D eigenvalue weighted by Gasteiger charge is 2.22. The molecule has 2 heterocycles. The lowest BCUT2D eigenvalue weighted by Crippen LogP contribution is -2.38. The third-order valence-corrected chi connectivity index (χ3v) is 3.27. The Hall–Kier alpha value is -2.18. The number of hydrogen-bond donors (Lipinski definition) is 3. The van der Waals surface area contributed by atoms with Crippen LogP contribution in [0.25, 0.3) is 0 Å². The second-order valence-electron chi connectivity index (χ2n) is 4.96. The molecule has 0 spiro atoms. The average Bonchev–Trinajstić information content (AvgIpc) is 2.89. The van der Waals surface area contributed by atoms with Crippen LogP contribution in [-0.4, -0.2) is 35.9 Å². The number of carbonyl (C=O) groups is 2. The van der Waals surface area contributed by atoms with Gasteiger partial charge in [0.1, 0.15) is 0 Å². The van der Waals surface area contributed by atoms with Crippen molar-refractivity contribution in [1.82, 2.24) is 15.6 Å². The molecule has 2 rings (SSSR count). The maximum absolute atomic E-state index is 14.2. The predicted octanol–water partition coefficient (Wildman–Crippen LogP) is 1.05. The van der Waals surface area contributed by atoms with Gasteiger partial charge in [-0.05, 0) is 18.9 Å². The Bertz CT molecular complexity index is 536. The molecular formula is C14H19FN4O2. The Morgan fingerprint density at radius 2 is 2.38 bits per heavy atom. The highest BCUT2D eigenvalue weighted by atomic mass is 19.1. The molecule has 7 heteroatoms. The van der Waals surface area contributed by atoms with E-state index in [1.165, 1.54) is 12.3 Å². The first kappa shape index (κ1) is 15.2. The summed E-state index contributed by atoms with van der Waals surface area (Å²) in [7, 11) is 0. The second-order valence-corrected chi connectivity index (χ2v) is 4.96. The number of nitrogens with one attached hydrogen (secondary N) is 3. The van der Waals surface area contributed by atoms with Gasteiger partial charge < -0.3 is 16.0 Å². The van der Waals surface area contributed by atoms with Crippen molar-refractivity contribution in [3.8, 4) is 0 Å². The predicted molar refractivity (Wildman–Crippen MR) is 76.5 cm³/mol. The van der Waals surface area contributed by atoms with Crippen LogP contribution in [0.5, 0.6) is 0 Å².